The molecule has 2 heterocycles. The summed E-state index contributed by atoms with van der Waals surface area (Å²) in [5, 5.41) is 12.1. The number of rotatable bonds is 4. The molecule has 0 saturated heterocycles. The van der Waals surface area contributed by atoms with Crippen molar-refractivity contribution >= 4 is 17.6 Å². The maximum absolute atomic E-state index is 5.60. The Morgan fingerprint density at radius 2 is 2.25 bits per heavy atom. The summed E-state index contributed by atoms with van der Waals surface area (Å²) in [5.41, 5.74) is 3.93. The van der Waals surface area contributed by atoms with Crippen molar-refractivity contribution in [2.24, 2.45) is 12.0 Å². The smallest absolute Gasteiger partial charge is 0.209 e. The number of aliphatic imine (C=N–C) groups is 1. The van der Waals surface area contributed by atoms with Crippen molar-refractivity contribution in [2.75, 3.05) is 12.3 Å². The fourth-order valence-electron chi connectivity index (χ4n) is 1.75. The fraction of sp³-hybridized carbons (Fsp3) is 0.333. The van der Waals surface area contributed by atoms with Gasteiger partial charge in [0.1, 0.15) is 6.10 Å². The summed E-state index contributed by atoms with van der Waals surface area (Å²) in [4.78, 5) is 10.1. The van der Waals surface area contributed by atoms with Crippen LogP contribution in [-0.4, -0.2) is 44.4 Å². The Balaban J connectivity index is 1.56. The molecule has 0 fully saturated rings. The van der Waals surface area contributed by atoms with E-state index in [2.05, 4.69) is 26.0 Å². The highest BCUT2D eigenvalue weighted by Crippen LogP contribution is 2.16. The minimum atomic E-state index is 0.00385. The van der Waals surface area contributed by atoms with Crippen molar-refractivity contribution in [3.63, 3.8) is 0 Å². The summed E-state index contributed by atoms with van der Waals surface area (Å²) in [5.74, 6) is 1.51. The van der Waals surface area contributed by atoms with Gasteiger partial charge in [-0.15, -0.1) is 5.10 Å². The summed E-state index contributed by atoms with van der Waals surface area (Å²) >= 11 is 1.55. The van der Waals surface area contributed by atoms with Gasteiger partial charge in [-0.1, -0.05) is 42.1 Å². The standard InChI is InChI=1S/C12H14N6OS/c1-18-12(14-16-17-18)20-8-10-7-13-11(15-19-10)9-5-3-2-4-6-9/h2-6,10H,7-8H2,1H3,(H,13,15). The summed E-state index contributed by atoms with van der Waals surface area (Å²) in [7, 11) is 1.81. The minimum absolute atomic E-state index is 0.00385. The number of nitrogens with zero attached hydrogens (tertiary/aromatic N) is 5. The van der Waals surface area contributed by atoms with Gasteiger partial charge in [0.15, 0.2) is 5.84 Å². The molecule has 104 valence electrons. The number of aromatic nitrogens is 4. The maximum Gasteiger partial charge on any atom is 0.209 e. The van der Waals surface area contributed by atoms with Gasteiger partial charge >= 0.3 is 0 Å². The third-order valence-corrected chi connectivity index (χ3v) is 3.94. The van der Waals surface area contributed by atoms with Gasteiger partial charge in [-0.3, -0.25) is 9.83 Å². The largest absolute Gasteiger partial charge is 0.269 e. The second-order valence-corrected chi connectivity index (χ2v) is 5.28. The van der Waals surface area contributed by atoms with Gasteiger partial charge in [-0.25, -0.2) is 10.2 Å². The topological polar surface area (TPSA) is 77.2 Å². The zero-order chi connectivity index (χ0) is 13.8. The molecule has 1 unspecified atom stereocenters. The number of aryl methyl sites for hydroxylation is 1. The van der Waals surface area contributed by atoms with E-state index in [-0.39, 0.29) is 6.10 Å². The van der Waals surface area contributed by atoms with Crippen LogP contribution in [0.25, 0.3) is 0 Å². The molecule has 1 atom stereocenters. The maximum atomic E-state index is 5.60. The van der Waals surface area contributed by atoms with Crippen LogP contribution >= 0.6 is 11.8 Å². The van der Waals surface area contributed by atoms with Crippen molar-refractivity contribution < 1.29 is 4.84 Å². The number of nitrogens with one attached hydrogen (secondary N) is 1. The molecule has 0 aliphatic carbocycles. The third-order valence-electron chi connectivity index (χ3n) is 2.80. The number of hydrogen-bond donors (Lipinski definition) is 1. The van der Waals surface area contributed by atoms with E-state index < -0.39 is 0 Å². The Kier molecular flexibility index (Phi) is 3.93. The molecule has 7 nitrogen and oxygen atoms in total. The Hall–Kier alpha value is -1.93. The molecule has 1 aromatic carbocycles. The van der Waals surface area contributed by atoms with Crippen molar-refractivity contribution in [3.8, 4) is 0 Å². The second-order valence-electron chi connectivity index (χ2n) is 4.29. The molecule has 3 rings (SSSR count). The number of hydrogen-bond acceptors (Lipinski definition) is 7. The van der Waals surface area contributed by atoms with Crippen molar-refractivity contribution in [2.45, 2.75) is 11.3 Å². The number of amidine groups is 1. The average molecular weight is 290 g/mol. The average Bonchev–Trinajstić information content (AvgIpc) is 2.92. The van der Waals surface area contributed by atoms with E-state index in [0.29, 0.717) is 6.54 Å². The number of hydroxylamine groups is 1. The summed E-state index contributed by atoms with van der Waals surface area (Å²) in [6.45, 7) is 0.621. The summed E-state index contributed by atoms with van der Waals surface area (Å²) < 4.78 is 1.64. The molecule has 20 heavy (non-hydrogen) atoms. The Morgan fingerprint density at radius 1 is 1.40 bits per heavy atom. The molecule has 0 saturated carbocycles. The van der Waals surface area contributed by atoms with Crippen LogP contribution in [0.4, 0.5) is 0 Å². The first-order valence-electron chi connectivity index (χ1n) is 6.19. The van der Waals surface area contributed by atoms with E-state index in [1.54, 1.807) is 16.4 Å². The molecular formula is C12H14N6OS. The van der Waals surface area contributed by atoms with Gasteiger partial charge in [0.25, 0.3) is 0 Å². The van der Waals surface area contributed by atoms with E-state index in [0.717, 1.165) is 22.3 Å². The summed E-state index contributed by atoms with van der Waals surface area (Å²) in [6.07, 6.45) is 0.00385. The second kappa shape index (κ2) is 6.02. The lowest BCUT2D eigenvalue weighted by molar-refractivity contribution is 0.0212. The number of benzene rings is 1. The highest BCUT2D eigenvalue weighted by molar-refractivity contribution is 7.99. The molecule has 0 radical (unpaired) electrons. The van der Waals surface area contributed by atoms with Crippen molar-refractivity contribution in [3.05, 3.63) is 35.9 Å². The van der Waals surface area contributed by atoms with E-state index in [4.69, 9.17) is 4.84 Å². The van der Waals surface area contributed by atoms with Crippen molar-refractivity contribution in [1.29, 1.82) is 0 Å². The van der Waals surface area contributed by atoms with Gasteiger partial charge in [-0.05, 0) is 10.4 Å². The van der Waals surface area contributed by atoms with Crippen LogP contribution in [0.5, 0.6) is 0 Å². The monoisotopic (exact) mass is 290 g/mol. The Bertz CT molecular complexity index is 599. The molecule has 8 heteroatoms. The highest BCUT2D eigenvalue weighted by Gasteiger charge is 2.18. The zero-order valence-electron chi connectivity index (χ0n) is 10.9. The van der Waals surface area contributed by atoms with Crippen LogP contribution in [0, 0.1) is 0 Å². The minimum Gasteiger partial charge on any atom is -0.269 e. The molecular weight excluding hydrogens is 276 g/mol. The van der Waals surface area contributed by atoms with Gasteiger partial charge in [-0.2, -0.15) is 0 Å². The lowest BCUT2D eigenvalue weighted by Crippen LogP contribution is -2.38. The van der Waals surface area contributed by atoms with Crippen LogP contribution < -0.4 is 5.48 Å². The zero-order valence-corrected chi connectivity index (χ0v) is 11.7. The molecule has 0 bridgehead atoms. The predicted octanol–water partition coefficient (Wildman–Crippen LogP) is 0.652. The van der Waals surface area contributed by atoms with Gasteiger partial charge in [0.05, 0.1) is 6.54 Å². The Morgan fingerprint density at radius 3 is 2.90 bits per heavy atom. The van der Waals surface area contributed by atoms with Gasteiger partial charge in [0.2, 0.25) is 5.16 Å². The molecule has 1 N–H and O–H groups in total. The molecule has 2 aromatic rings. The lowest BCUT2D eigenvalue weighted by Gasteiger charge is -2.22. The normalized spacial score (nSPS) is 18.4. The number of thioether (sulfide) groups is 1. The van der Waals surface area contributed by atoms with Gasteiger partial charge in [0, 0.05) is 18.4 Å². The van der Waals surface area contributed by atoms with Crippen LogP contribution in [-0.2, 0) is 11.9 Å². The quantitative estimate of drug-likeness (QED) is 0.833. The number of tetrazole rings is 1. The van der Waals surface area contributed by atoms with Crippen LogP contribution in [0.2, 0.25) is 0 Å². The van der Waals surface area contributed by atoms with Crippen molar-refractivity contribution in [1.82, 2.24) is 25.7 Å². The van der Waals surface area contributed by atoms with E-state index in [1.807, 2.05) is 37.4 Å². The first-order chi connectivity index (χ1) is 9.83. The summed E-state index contributed by atoms with van der Waals surface area (Å²) in [6, 6.07) is 9.91. The first kappa shape index (κ1) is 13.1. The molecule has 0 spiro atoms. The molecule has 0 amide bonds. The SMILES string of the molecule is Cn1nnnc1SCC1CN=C(c2ccccc2)NO1. The molecule has 1 aliphatic rings. The van der Waals surface area contributed by atoms with Crippen LogP contribution in [0.3, 0.4) is 0 Å². The first-order valence-corrected chi connectivity index (χ1v) is 7.18. The van der Waals surface area contributed by atoms with E-state index in [1.165, 1.54) is 0 Å². The van der Waals surface area contributed by atoms with E-state index >= 15 is 0 Å². The van der Waals surface area contributed by atoms with Crippen LogP contribution in [0.1, 0.15) is 5.56 Å². The third kappa shape index (κ3) is 2.97. The predicted molar refractivity (Wildman–Crippen MR) is 75.4 cm³/mol. The lowest BCUT2D eigenvalue weighted by atomic mass is 10.2. The molecule has 1 aliphatic heterocycles. The van der Waals surface area contributed by atoms with Crippen LogP contribution in [0.15, 0.2) is 40.5 Å². The van der Waals surface area contributed by atoms with Gasteiger partial charge < -0.3 is 0 Å². The fourth-order valence-corrected chi connectivity index (χ4v) is 2.57. The molecule has 1 aromatic heterocycles. The Labute approximate surface area is 120 Å². The van der Waals surface area contributed by atoms with E-state index in [9.17, 15) is 0 Å². The highest BCUT2D eigenvalue weighted by atomic mass is 32.2.